The minimum absolute atomic E-state index is 0.318. The molecular weight excluding hydrogens is 378 g/mol. The zero-order valence-electron chi connectivity index (χ0n) is 16.7. The predicted octanol–water partition coefficient (Wildman–Crippen LogP) is 5.32. The molecule has 2 aromatic carbocycles. The van der Waals surface area contributed by atoms with Crippen molar-refractivity contribution in [3.63, 3.8) is 0 Å². The number of amides is 1. The van der Waals surface area contributed by atoms with E-state index >= 15 is 0 Å². The predicted molar refractivity (Wildman–Crippen MR) is 111 cm³/mol. The van der Waals surface area contributed by atoms with Gasteiger partial charge < -0.3 is 14.8 Å². The van der Waals surface area contributed by atoms with Crippen LogP contribution < -0.4 is 10.1 Å². The van der Waals surface area contributed by atoms with Crippen LogP contribution in [0.25, 0.3) is 0 Å². The number of aryl methyl sites for hydroxylation is 2. The van der Waals surface area contributed by atoms with Crippen molar-refractivity contribution in [1.82, 2.24) is 0 Å². The summed E-state index contributed by atoms with van der Waals surface area (Å²) in [5, 5.41) is 3.45. The van der Waals surface area contributed by atoms with Crippen molar-refractivity contribution in [3.05, 3.63) is 58.1 Å². The summed E-state index contributed by atoms with van der Waals surface area (Å²) < 4.78 is 10.9. The lowest BCUT2D eigenvalue weighted by Gasteiger charge is -2.16. The first kappa shape index (κ1) is 21.8. The molecule has 0 bridgehead atoms. The number of rotatable bonds is 8. The molecule has 1 unspecified atom stereocenters. The first-order valence-corrected chi connectivity index (χ1v) is 9.71. The van der Waals surface area contributed by atoms with Crippen molar-refractivity contribution >= 4 is 29.2 Å². The first-order valence-electron chi connectivity index (χ1n) is 9.33. The molecule has 1 amide bonds. The number of unbranched alkanes of at least 4 members (excludes halogenated alkanes) is 1. The Kier molecular flexibility index (Phi) is 7.88. The lowest BCUT2D eigenvalue weighted by Crippen LogP contribution is -2.30. The number of hydrogen-bond acceptors (Lipinski definition) is 4. The highest BCUT2D eigenvalue weighted by Gasteiger charge is 2.17. The molecular formula is C22H26ClNO4. The summed E-state index contributed by atoms with van der Waals surface area (Å²) in [4.78, 5) is 24.5. The third kappa shape index (κ3) is 5.99. The Labute approximate surface area is 171 Å². The molecule has 0 heterocycles. The Bertz CT molecular complexity index is 827. The van der Waals surface area contributed by atoms with E-state index in [1.807, 2.05) is 20.8 Å². The van der Waals surface area contributed by atoms with E-state index in [-0.39, 0.29) is 5.91 Å². The monoisotopic (exact) mass is 403 g/mol. The fourth-order valence-corrected chi connectivity index (χ4v) is 2.70. The molecule has 0 saturated heterocycles. The van der Waals surface area contributed by atoms with E-state index in [4.69, 9.17) is 21.1 Å². The number of ether oxygens (including phenoxy) is 2. The molecule has 0 fully saturated rings. The third-order valence-corrected chi connectivity index (χ3v) is 4.79. The van der Waals surface area contributed by atoms with Gasteiger partial charge in [0.05, 0.1) is 12.2 Å². The van der Waals surface area contributed by atoms with Crippen molar-refractivity contribution in [1.29, 1.82) is 0 Å². The second-order valence-electron chi connectivity index (χ2n) is 6.69. The number of nitrogens with one attached hydrogen (secondary N) is 1. The molecule has 0 aliphatic heterocycles. The summed E-state index contributed by atoms with van der Waals surface area (Å²) in [6, 6.07) is 10.3. The normalized spacial score (nSPS) is 11.6. The molecule has 2 rings (SSSR count). The lowest BCUT2D eigenvalue weighted by atomic mass is 10.1. The molecule has 0 saturated carbocycles. The summed E-state index contributed by atoms with van der Waals surface area (Å²) in [6.07, 6.45) is 1.05. The number of anilines is 1. The number of carbonyl (C=O) groups is 2. The average Bonchev–Trinajstić information content (AvgIpc) is 2.66. The zero-order chi connectivity index (χ0) is 20.7. The molecule has 28 heavy (non-hydrogen) atoms. The van der Waals surface area contributed by atoms with Crippen LogP contribution in [0.3, 0.4) is 0 Å². The van der Waals surface area contributed by atoms with Crippen molar-refractivity contribution in [3.8, 4) is 5.75 Å². The van der Waals surface area contributed by atoms with Gasteiger partial charge in [-0.1, -0.05) is 31.0 Å². The zero-order valence-corrected chi connectivity index (χ0v) is 17.4. The summed E-state index contributed by atoms with van der Waals surface area (Å²) >= 11 is 6.16. The topological polar surface area (TPSA) is 64.6 Å². The van der Waals surface area contributed by atoms with Gasteiger partial charge >= 0.3 is 5.97 Å². The smallest absolute Gasteiger partial charge is 0.338 e. The van der Waals surface area contributed by atoms with E-state index in [0.717, 1.165) is 24.0 Å². The van der Waals surface area contributed by atoms with Crippen molar-refractivity contribution in [2.45, 2.75) is 46.6 Å². The fraction of sp³-hybridized carbons (Fsp3) is 0.364. The van der Waals surface area contributed by atoms with Crippen LogP contribution in [-0.2, 0) is 9.53 Å². The number of carbonyl (C=O) groups excluding carboxylic acids is 2. The summed E-state index contributed by atoms with van der Waals surface area (Å²) in [5.41, 5.74) is 2.68. The Balaban J connectivity index is 2.00. The van der Waals surface area contributed by atoms with Crippen LogP contribution in [0, 0.1) is 13.8 Å². The van der Waals surface area contributed by atoms with E-state index in [1.54, 1.807) is 43.3 Å². The van der Waals surface area contributed by atoms with E-state index in [2.05, 4.69) is 5.32 Å². The van der Waals surface area contributed by atoms with Crippen molar-refractivity contribution in [2.24, 2.45) is 0 Å². The maximum Gasteiger partial charge on any atom is 0.338 e. The number of hydrogen-bond donors (Lipinski definition) is 1. The second kappa shape index (κ2) is 10.1. The Morgan fingerprint density at radius 3 is 2.46 bits per heavy atom. The number of benzene rings is 2. The van der Waals surface area contributed by atoms with Gasteiger partial charge in [-0.2, -0.15) is 0 Å². The van der Waals surface area contributed by atoms with E-state index in [1.165, 1.54) is 0 Å². The molecule has 1 atom stereocenters. The minimum atomic E-state index is -0.722. The fourth-order valence-electron chi connectivity index (χ4n) is 2.59. The highest BCUT2D eigenvalue weighted by Crippen LogP contribution is 2.26. The minimum Gasteiger partial charge on any atom is -0.481 e. The van der Waals surface area contributed by atoms with Crippen LogP contribution in [-0.4, -0.2) is 24.6 Å². The average molecular weight is 404 g/mol. The highest BCUT2D eigenvalue weighted by atomic mass is 35.5. The maximum absolute atomic E-state index is 12.5. The Hall–Kier alpha value is -2.53. The Morgan fingerprint density at radius 2 is 1.82 bits per heavy atom. The second-order valence-corrected chi connectivity index (χ2v) is 7.07. The molecule has 150 valence electrons. The van der Waals surface area contributed by atoms with Gasteiger partial charge in [-0.05, 0) is 68.7 Å². The van der Waals surface area contributed by atoms with Crippen molar-refractivity contribution < 1.29 is 19.1 Å². The Morgan fingerprint density at radius 1 is 1.14 bits per heavy atom. The van der Waals surface area contributed by atoms with E-state index in [0.29, 0.717) is 28.6 Å². The van der Waals surface area contributed by atoms with Crippen LogP contribution in [0.2, 0.25) is 5.02 Å². The lowest BCUT2D eigenvalue weighted by molar-refractivity contribution is -0.122. The maximum atomic E-state index is 12.5. The molecule has 0 aromatic heterocycles. The van der Waals surface area contributed by atoms with Gasteiger partial charge in [0, 0.05) is 10.7 Å². The number of esters is 1. The van der Waals surface area contributed by atoms with Crippen molar-refractivity contribution in [2.75, 3.05) is 11.9 Å². The third-order valence-electron chi connectivity index (χ3n) is 4.19. The van der Waals surface area contributed by atoms with Crippen LogP contribution in [0.4, 0.5) is 5.69 Å². The molecule has 0 aliphatic rings. The van der Waals surface area contributed by atoms with E-state index in [9.17, 15) is 9.59 Å². The molecule has 0 radical (unpaired) electrons. The molecule has 5 nitrogen and oxygen atoms in total. The van der Waals surface area contributed by atoms with Gasteiger partial charge in [0.25, 0.3) is 5.91 Å². The van der Waals surface area contributed by atoms with Crippen LogP contribution in [0.5, 0.6) is 5.75 Å². The SMILES string of the molecule is CCCCOC(=O)c1cccc(NC(=O)C(C)Oc2cc(C)c(Cl)c(C)c2)c1. The first-order chi connectivity index (χ1) is 13.3. The highest BCUT2D eigenvalue weighted by molar-refractivity contribution is 6.32. The van der Waals surface area contributed by atoms with E-state index < -0.39 is 12.1 Å². The van der Waals surface area contributed by atoms with Gasteiger partial charge in [0.15, 0.2) is 6.10 Å². The number of halogens is 1. The van der Waals surface area contributed by atoms with Gasteiger partial charge in [-0.15, -0.1) is 0 Å². The molecule has 0 spiro atoms. The van der Waals surface area contributed by atoms with Gasteiger partial charge in [0.1, 0.15) is 5.75 Å². The standard InChI is InChI=1S/C22H26ClNO4/c1-5-6-10-27-22(26)17-8-7-9-18(13-17)24-21(25)16(4)28-19-11-14(2)20(23)15(3)12-19/h7-9,11-13,16H,5-6,10H2,1-4H3,(H,24,25). The quantitative estimate of drug-likeness (QED) is 0.478. The molecule has 2 aromatic rings. The summed E-state index contributed by atoms with van der Waals surface area (Å²) in [6.45, 7) is 7.85. The van der Waals surface area contributed by atoms with Crippen LogP contribution >= 0.6 is 11.6 Å². The van der Waals surface area contributed by atoms with Crippen LogP contribution in [0.1, 0.15) is 48.2 Å². The summed E-state index contributed by atoms with van der Waals surface area (Å²) in [7, 11) is 0. The molecule has 1 N–H and O–H groups in total. The summed E-state index contributed by atoms with van der Waals surface area (Å²) in [5.74, 6) is -0.141. The van der Waals surface area contributed by atoms with Gasteiger partial charge in [-0.25, -0.2) is 4.79 Å². The van der Waals surface area contributed by atoms with Gasteiger partial charge in [-0.3, -0.25) is 4.79 Å². The van der Waals surface area contributed by atoms with Gasteiger partial charge in [0.2, 0.25) is 0 Å². The largest absolute Gasteiger partial charge is 0.481 e. The van der Waals surface area contributed by atoms with Crippen LogP contribution in [0.15, 0.2) is 36.4 Å². The molecule has 0 aliphatic carbocycles. The molecule has 6 heteroatoms.